The number of phosphoric ester groups is 1. The first-order chi connectivity index (χ1) is 26.5. The summed E-state index contributed by atoms with van der Waals surface area (Å²) in [6.45, 7) is 4.38. The summed E-state index contributed by atoms with van der Waals surface area (Å²) in [5.74, 6) is -0.807. The second-order valence-electron chi connectivity index (χ2n) is 16.4. The highest BCUT2D eigenvalue weighted by molar-refractivity contribution is 7.47. The molecular weight excluding hydrogens is 713 g/mol. The Hall–Kier alpha value is -1.51. The number of nitrogens with zero attached hydrogens (tertiary/aromatic N) is 1. The van der Waals surface area contributed by atoms with Gasteiger partial charge in [-0.25, -0.2) is 4.57 Å². The first-order valence-corrected chi connectivity index (χ1v) is 24.1. The Labute approximate surface area is 339 Å². The predicted octanol–water partition coefficient (Wildman–Crippen LogP) is 12.7. The van der Waals surface area contributed by atoms with Gasteiger partial charge in [0.25, 0.3) is 0 Å². The fraction of sp³-hybridized carbons (Fsp3) is 0.867. The molecule has 0 bridgehead atoms. The fourth-order valence-corrected chi connectivity index (χ4v) is 6.89. The largest absolute Gasteiger partial charge is 0.472 e. The Morgan fingerprint density at radius 2 is 1.00 bits per heavy atom. The molecule has 0 aromatic rings. The lowest BCUT2D eigenvalue weighted by atomic mass is 10.0. The van der Waals surface area contributed by atoms with Crippen LogP contribution in [0.4, 0.5) is 0 Å². The van der Waals surface area contributed by atoms with E-state index in [-0.39, 0.29) is 32.0 Å². The van der Waals surface area contributed by atoms with Crippen LogP contribution in [0.15, 0.2) is 24.3 Å². The molecule has 0 heterocycles. The molecule has 0 aromatic heterocycles. The normalized spacial score (nSPS) is 13.8. The summed E-state index contributed by atoms with van der Waals surface area (Å²) in [5.41, 5.74) is 0. The lowest BCUT2D eigenvalue weighted by molar-refractivity contribution is -0.870. The molecule has 0 aliphatic carbocycles. The third-order valence-corrected chi connectivity index (χ3v) is 10.7. The van der Waals surface area contributed by atoms with Crippen LogP contribution in [0.2, 0.25) is 0 Å². The van der Waals surface area contributed by atoms with Gasteiger partial charge in [-0.05, 0) is 38.5 Å². The number of phosphoric acid groups is 1. The SMILES string of the molecule is CCCC/C=C/C/C=C/CCCCCCCC(=O)OC[C@H](COP(=O)(O)OCC[N+](C)(C)C)OC(=O)CCCCCCCCCCCCCCCCCCC. The monoisotopic (exact) mass is 801 g/mol. The second kappa shape index (κ2) is 38.0. The van der Waals surface area contributed by atoms with Crippen LogP contribution in [0.25, 0.3) is 0 Å². The van der Waals surface area contributed by atoms with E-state index in [0.29, 0.717) is 17.4 Å². The van der Waals surface area contributed by atoms with Crippen LogP contribution in [0, 0.1) is 0 Å². The lowest BCUT2D eigenvalue weighted by Crippen LogP contribution is -2.37. The van der Waals surface area contributed by atoms with Crippen LogP contribution < -0.4 is 0 Å². The maximum absolute atomic E-state index is 12.7. The zero-order valence-electron chi connectivity index (χ0n) is 36.4. The summed E-state index contributed by atoms with van der Waals surface area (Å²) in [7, 11) is 1.47. The molecule has 10 heteroatoms. The standard InChI is InChI=1S/C45H86NO8P/c1-6-8-10-12-14-16-18-20-22-23-24-26-28-30-32-34-36-38-45(48)54-43(42-53-55(49,50)52-40-39-46(3,4)5)41-51-44(47)37-35-33-31-29-27-25-21-19-17-15-13-11-9-7-2/h13,15,19,21,43H,6-12,14,16-18,20,22-42H2,1-5H3/p+1/b15-13+,21-19+/t43-/m1/s1. The van der Waals surface area contributed by atoms with Crippen molar-refractivity contribution in [3.8, 4) is 0 Å². The molecule has 0 saturated heterocycles. The topological polar surface area (TPSA) is 108 Å². The van der Waals surface area contributed by atoms with Crippen LogP contribution in [0.5, 0.6) is 0 Å². The minimum Gasteiger partial charge on any atom is -0.462 e. The van der Waals surface area contributed by atoms with Gasteiger partial charge >= 0.3 is 19.8 Å². The van der Waals surface area contributed by atoms with Gasteiger partial charge in [-0.1, -0.05) is 173 Å². The van der Waals surface area contributed by atoms with E-state index in [2.05, 4.69) is 38.2 Å². The predicted molar refractivity (Wildman–Crippen MR) is 229 cm³/mol. The maximum atomic E-state index is 12.7. The molecule has 1 unspecified atom stereocenters. The number of esters is 2. The molecule has 0 aromatic carbocycles. The van der Waals surface area contributed by atoms with Crippen molar-refractivity contribution in [1.29, 1.82) is 0 Å². The van der Waals surface area contributed by atoms with Crippen LogP contribution >= 0.6 is 7.82 Å². The minimum atomic E-state index is -4.37. The first kappa shape index (κ1) is 53.5. The van der Waals surface area contributed by atoms with Crippen molar-refractivity contribution < 1.29 is 42.1 Å². The van der Waals surface area contributed by atoms with Gasteiger partial charge in [0.05, 0.1) is 27.7 Å². The number of rotatable bonds is 41. The Morgan fingerprint density at radius 1 is 0.564 bits per heavy atom. The number of hydrogen-bond acceptors (Lipinski definition) is 7. The Balaban J connectivity index is 4.33. The number of carbonyl (C=O) groups is 2. The Morgan fingerprint density at radius 3 is 1.49 bits per heavy atom. The number of allylic oxidation sites excluding steroid dienone is 4. The van der Waals surface area contributed by atoms with Crippen molar-refractivity contribution >= 4 is 19.8 Å². The van der Waals surface area contributed by atoms with Crippen LogP contribution in [-0.2, 0) is 32.7 Å². The van der Waals surface area contributed by atoms with E-state index in [0.717, 1.165) is 57.8 Å². The van der Waals surface area contributed by atoms with E-state index in [1.807, 2.05) is 21.1 Å². The highest BCUT2D eigenvalue weighted by atomic mass is 31.2. The molecule has 0 aliphatic heterocycles. The van der Waals surface area contributed by atoms with Crippen molar-refractivity contribution in [2.75, 3.05) is 47.5 Å². The van der Waals surface area contributed by atoms with E-state index in [1.165, 1.54) is 109 Å². The van der Waals surface area contributed by atoms with E-state index in [4.69, 9.17) is 18.5 Å². The fourth-order valence-electron chi connectivity index (χ4n) is 6.15. The Bertz CT molecular complexity index is 996. The van der Waals surface area contributed by atoms with Gasteiger partial charge in [0, 0.05) is 12.8 Å². The average molecular weight is 801 g/mol. The summed E-state index contributed by atoms with van der Waals surface area (Å²) in [5, 5.41) is 0. The first-order valence-electron chi connectivity index (χ1n) is 22.6. The lowest BCUT2D eigenvalue weighted by Gasteiger charge is -2.24. The molecule has 0 saturated carbocycles. The summed E-state index contributed by atoms with van der Waals surface area (Å²) in [6, 6.07) is 0. The molecule has 0 radical (unpaired) electrons. The van der Waals surface area contributed by atoms with E-state index < -0.39 is 26.5 Å². The van der Waals surface area contributed by atoms with E-state index >= 15 is 0 Å². The smallest absolute Gasteiger partial charge is 0.462 e. The molecule has 2 atom stereocenters. The maximum Gasteiger partial charge on any atom is 0.472 e. The van der Waals surface area contributed by atoms with Crippen molar-refractivity contribution in [1.82, 2.24) is 0 Å². The quantitative estimate of drug-likeness (QED) is 0.0214. The van der Waals surface area contributed by atoms with Crippen molar-refractivity contribution in [3.63, 3.8) is 0 Å². The van der Waals surface area contributed by atoms with Crippen LogP contribution in [0.3, 0.4) is 0 Å². The zero-order chi connectivity index (χ0) is 40.7. The molecular formula is C45H87NO8P+. The molecule has 1 N–H and O–H groups in total. The third kappa shape index (κ3) is 41.9. The number of hydrogen-bond donors (Lipinski definition) is 1. The second-order valence-corrected chi connectivity index (χ2v) is 17.9. The van der Waals surface area contributed by atoms with Gasteiger partial charge in [0.1, 0.15) is 19.8 Å². The number of quaternary nitrogens is 1. The molecule has 9 nitrogen and oxygen atoms in total. The Kier molecular flexibility index (Phi) is 37.0. The average Bonchev–Trinajstić information content (AvgIpc) is 3.13. The summed E-state index contributed by atoms with van der Waals surface area (Å²) < 4.78 is 34.3. The van der Waals surface area contributed by atoms with Gasteiger partial charge in [-0.3, -0.25) is 18.6 Å². The summed E-state index contributed by atoms with van der Waals surface area (Å²) in [4.78, 5) is 35.4. The molecule has 324 valence electrons. The summed E-state index contributed by atoms with van der Waals surface area (Å²) >= 11 is 0. The molecule has 0 rings (SSSR count). The third-order valence-electron chi connectivity index (χ3n) is 9.73. The van der Waals surface area contributed by atoms with Crippen LogP contribution in [0.1, 0.15) is 200 Å². The highest BCUT2D eigenvalue weighted by Crippen LogP contribution is 2.43. The molecule has 0 fully saturated rings. The van der Waals surface area contributed by atoms with Crippen molar-refractivity contribution in [2.24, 2.45) is 0 Å². The van der Waals surface area contributed by atoms with Gasteiger partial charge in [-0.2, -0.15) is 0 Å². The number of unbranched alkanes of at least 4 members (excludes halogenated alkanes) is 23. The van der Waals surface area contributed by atoms with Crippen molar-refractivity contribution in [2.45, 2.75) is 206 Å². The number of ether oxygens (including phenoxy) is 2. The molecule has 55 heavy (non-hydrogen) atoms. The van der Waals surface area contributed by atoms with E-state index in [9.17, 15) is 19.0 Å². The minimum absolute atomic E-state index is 0.0313. The van der Waals surface area contributed by atoms with Gasteiger partial charge in [0.15, 0.2) is 6.10 Å². The number of carbonyl (C=O) groups excluding carboxylic acids is 2. The molecule has 0 spiro atoms. The molecule has 0 aliphatic rings. The van der Waals surface area contributed by atoms with Gasteiger partial charge in [0.2, 0.25) is 0 Å². The highest BCUT2D eigenvalue weighted by Gasteiger charge is 2.27. The van der Waals surface area contributed by atoms with Crippen molar-refractivity contribution in [3.05, 3.63) is 24.3 Å². The van der Waals surface area contributed by atoms with E-state index in [1.54, 1.807) is 0 Å². The zero-order valence-corrected chi connectivity index (χ0v) is 37.3. The summed E-state index contributed by atoms with van der Waals surface area (Å²) in [6.07, 6.45) is 40.7. The van der Waals surface area contributed by atoms with Crippen LogP contribution in [-0.4, -0.2) is 74.9 Å². The van der Waals surface area contributed by atoms with Gasteiger partial charge < -0.3 is 18.9 Å². The number of likely N-dealkylation sites (N-methyl/N-ethyl adjacent to an activating group) is 1. The van der Waals surface area contributed by atoms with Gasteiger partial charge in [-0.15, -0.1) is 0 Å². The molecule has 0 amide bonds.